The molecule has 0 saturated carbocycles. The maximum atomic E-state index is 5.22. The van der Waals surface area contributed by atoms with Gasteiger partial charge in [-0.15, -0.1) is 22.1 Å². The summed E-state index contributed by atoms with van der Waals surface area (Å²) >= 11 is 0. The molecule has 5 heteroatoms. The van der Waals surface area contributed by atoms with Crippen molar-refractivity contribution in [2.24, 2.45) is 0 Å². The normalized spacial score (nSPS) is 11.5. The van der Waals surface area contributed by atoms with E-state index in [1.807, 2.05) is 30.3 Å². The fourth-order valence-electron chi connectivity index (χ4n) is 5.66. The molecule has 4 aromatic heterocycles. The standard InChI is InChI=1S/C37H23N4.Co/c1-4-10-24(11-5-1)35-29-18-16-27(38-29)28-17-19-30(39-28)36(25-12-6-2-7-13-25)32-21-23-34(41-32)37(26-14-8-3-9-15-26)33-22-20-31(35)40-33;/h1-23H;/q-3;. The van der Waals surface area contributed by atoms with E-state index in [0.717, 1.165) is 77.9 Å². The third kappa shape index (κ3) is 4.45. The molecule has 203 valence electrons. The average Bonchev–Trinajstić information content (AvgIpc) is 3.84. The van der Waals surface area contributed by atoms with E-state index in [9.17, 15) is 0 Å². The van der Waals surface area contributed by atoms with Crippen LogP contribution < -0.4 is 15.0 Å². The second-order valence-corrected chi connectivity index (χ2v) is 10.1. The molecule has 0 atom stereocenters. The number of fused-ring (bicyclic) bond motifs is 9. The van der Waals surface area contributed by atoms with Crippen molar-refractivity contribution < 1.29 is 16.8 Å². The molecule has 1 aliphatic rings. The quantitative estimate of drug-likeness (QED) is 0.209. The van der Waals surface area contributed by atoms with Crippen molar-refractivity contribution in [3.8, 4) is 33.4 Å². The van der Waals surface area contributed by atoms with Crippen molar-refractivity contribution in [2.45, 2.75) is 0 Å². The van der Waals surface area contributed by atoms with Crippen LogP contribution in [0.5, 0.6) is 0 Å². The molecule has 0 amide bonds. The van der Waals surface area contributed by atoms with Crippen molar-refractivity contribution in [3.05, 3.63) is 139 Å². The van der Waals surface area contributed by atoms with Gasteiger partial charge in [-0.25, -0.2) is 4.98 Å². The van der Waals surface area contributed by atoms with Crippen LogP contribution in [-0.4, -0.2) is 4.98 Å². The van der Waals surface area contributed by atoms with Crippen LogP contribution >= 0.6 is 0 Å². The van der Waals surface area contributed by atoms with E-state index in [0.29, 0.717) is 0 Å². The van der Waals surface area contributed by atoms with Crippen molar-refractivity contribution in [1.82, 2.24) is 19.9 Å². The Morgan fingerprint density at radius 1 is 0.333 bits per heavy atom. The van der Waals surface area contributed by atoms with Gasteiger partial charge in [0.2, 0.25) is 0 Å². The van der Waals surface area contributed by atoms with Crippen LogP contribution in [-0.2, 0) is 16.8 Å². The number of hydrogen-bond donors (Lipinski definition) is 0. The Morgan fingerprint density at radius 2 is 0.643 bits per heavy atom. The van der Waals surface area contributed by atoms with Gasteiger partial charge < -0.3 is 15.0 Å². The molecule has 0 N–H and O–H groups in total. The zero-order valence-electron chi connectivity index (χ0n) is 22.4. The zero-order valence-corrected chi connectivity index (χ0v) is 23.4. The van der Waals surface area contributed by atoms with E-state index in [1.54, 1.807) is 0 Å². The van der Waals surface area contributed by atoms with E-state index in [-0.39, 0.29) is 16.8 Å². The van der Waals surface area contributed by atoms with Crippen molar-refractivity contribution in [1.29, 1.82) is 0 Å². The fraction of sp³-hybridized carbons (Fsp3) is 0. The SMILES string of the molecule is C1=Cc2nc1c(-c1ccccc1)c1ccc([n-]1)c(-c1ccccc1)c1ccc([n-]1)c1ccc([n-]1)c2-c1ccccc1.[Co]. The molecular formula is C37H23CoN4-3. The third-order valence-electron chi connectivity index (χ3n) is 7.55. The van der Waals surface area contributed by atoms with Crippen LogP contribution in [0.25, 0.3) is 78.6 Å². The molecule has 1 radical (unpaired) electrons. The summed E-state index contributed by atoms with van der Waals surface area (Å²) in [6.45, 7) is 0. The molecule has 5 heterocycles. The van der Waals surface area contributed by atoms with E-state index in [4.69, 9.17) is 19.9 Å². The van der Waals surface area contributed by atoms with Gasteiger partial charge in [0.15, 0.2) is 0 Å². The molecular weight excluding hydrogens is 559 g/mol. The zero-order chi connectivity index (χ0) is 27.2. The van der Waals surface area contributed by atoms with Crippen LogP contribution in [0.4, 0.5) is 0 Å². The van der Waals surface area contributed by atoms with E-state index < -0.39 is 0 Å². The van der Waals surface area contributed by atoms with E-state index >= 15 is 0 Å². The van der Waals surface area contributed by atoms with Gasteiger partial charge in [-0.3, -0.25) is 0 Å². The first kappa shape index (κ1) is 25.8. The Kier molecular flexibility index (Phi) is 6.59. The molecule has 3 aromatic carbocycles. The maximum Gasteiger partial charge on any atom is 0.0704 e. The van der Waals surface area contributed by atoms with Crippen molar-refractivity contribution >= 4 is 45.3 Å². The van der Waals surface area contributed by atoms with Gasteiger partial charge >= 0.3 is 0 Å². The minimum absolute atomic E-state index is 0. The predicted molar refractivity (Wildman–Crippen MR) is 168 cm³/mol. The van der Waals surface area contributed by atoms with Gasteiger partial charge in [0.1, 0.15) is 0 Å². The van der Waals surface area contributed by atoms with Crippen LogP contribution in [0, 0.1) is 0 Å². The van der Waals surface area contributed by atoms with Crippen LogP contribution in [0.15, 0.2) is 127 Å². The summed E-state index contributed by atoms with van der Waals surface area (Å²) in [4.78, 5) is 20.6. The summed E-state index contributed by atoms with van der Waals surface area (Å²) in [6.07, 6.45) is 4.18. The summed E-state index contributed by atoms with van der Waals surface area (Å²) in [5, 5.41) is 0. The molecule has 0 unspecified atom stereocenters. The number of rotatable bonds is 3. The van der Waals surface area contributed by atoms with Gasteiger partial charge in [-0.2, -0.15) is 11.0 Å². The monoisotopic (exact) mass is 582 g/mol. The first-order valence-electron chi connectivity index (χ1n) is 13.7. The van der Waals surface area contributed by atoms with Crippen LogP contribution in [0.2, 0.25) is 0 Å². The largest absolute Gasteiger partial charge is 0.658 e. The smallest absolute Gasteiger partial charge is 0.0704 e. The topological polar surface area (TPSA) is 55.2 Å². The predicted octanol–water partition coefficient (Wildman–Crippen LogP) is 8.58. The van der Waals surface area contributed by atoms with Gasteiger partial charge in [0.25, 0.3) is 0 Å². The first-order valence-corrected chi connectivity index (χ1v) is 13.7. The summed E-state index contributed by atoms with van der Waals surface area (Å²) in [5.74, 6) is 0. The molecule has 4 nitrogen and oxygen atoms in total. The van der Waals surface area contributed by atoms with Crippen molar-refractivity contribution in [3.63, 3.8) is 0 Å². The minimum atomic E-state index is 0. The molecule has 0 saturated heterocycles. The first-order chi connectivity index (χ1) is 20.3. The average molecular weight is 583 g/mol. The Bertz CT molecular complexity index is 2190. The Balaban J connectivity index is 0.00000288. The molecule has 8 bridgehead atoms. The van der Waals surface area contributed by atoms with Crippen LogP contribution in [0.1, 0.15) is 11.4 Å². The molecule has 0 aliphatic carbocycles. The fourth-order valence-corrected chi connectivity index (χ4v) is 5.66. The number of aromatic nitrogens is 4. The van der Waals surface area contributed by atoms with Gasteiger partial charge in [0, 0.05) is 16.8 Å². The second-order valence-electron chi connectivity index (χ2n) is 10.1. The Hall–Kier alpha value is -5.10. The van der Waals surface area contributed by atoms with Gasteiger partial charge in [-0.1, -0.05) is 127 Å². The second kappa shape index (κ2) is 10.7. The summed E-state index contributed by atoms with van der Waals surface area (Å²) < 4.78 is 0. The molecule has 42 heavy (non-hydrogen) atoms. The Labute approximate surface area is 253 Å². The maximum absolute atomic E-state index is 5.22. The van der Waals surface area contributed by atoms with E-state index in [1.165, 1.54) is 0 Å². The third-order valence-corrected chi connectivity index (χ3v) is 7.55. The summed E-state index contributed by atoms with van der Waals surface area (Å²) in [5.41, 5.74) is 13.1. The number of benzene rings is 3. The minimum Gasteiger partial charge on any atom is -0.658 e. The summed E-state index contributed by atoms with van der Waals surface area (Å²) in [6, 6.07) is 43.5. The number of hydrogen-bond acceptors (Lipinski definition) is 1. The van der Waals surface area contributed by atoms with E-state index in [2.05, 4.69) is 109 Å². The summed E-state index contributed by atoms with van der Waals surface area (Å²) in [7, 11) is 0. The molecule has 7 aromatic rings. The molecule has 0 fully saturated rings. The number of nitrogens with zero attached hydrogens (tertiary/aromatic N) is 4. The van der Waals surface area contributed by atoms with Crippen LogP contribution in [0.3, 0.4) is 0 Å². The van der Waals surface area contributed by atoms with Gasteiger partial charge in [0.05, 0.1) is 11.4 Å². The molecule has 8 rings (SSSR count). The molecule has 0 spiro atoms. The molecule has 1 aliphatic heterocycles. The van der Waals surface area contributed by atoms with Crippen molar-refractivity contribution in [2.75, 3.05) is 0 Å². The Morgan fingerprint density at radius 3 is 1.05 bits per heavy atom. The van der Waals surface area contributed by atoms with Gasteiger partial charge in [-0.05, 0) is 45.5 Å².